The second kappa shape index (κ2) is 12.7. The van der Waals surface area contributed by atoms with E-state index in [2.05, 4.69) is 5.32 Å². The lowest BCUT2D eigenvalue weighted by Crippen LogP contribution is -2.66. The maximum absolute atomic E-state index is 12.1. The predicted octanol–water partition coefficient (Wildman–Crippen LogP) is 0.596. The van der Waals surface area contributed by atoms with Gasteiger partial charge in [-0.15, -0.1) is 0 Å². The zero-order chi connectivity index (χ0) is 23.6. The normalized spacial score (nSPS) is 25.0. The van der Waals surface area contributed by atoms with Gasteiger partial charge in [0.15, 0.2) is 24.5 Å². The lowest BCUT2D eigenvalue weighted by molar-refractivity contribution is -0.256. The van der Waals surface area contributed by atoms with Gasteiger partial charge < -0.3 is 28.4 Å². The van der Waals surface area contributed by atoms with Crippen LogP contribution in [0.1, 0.15) is 47.5 Å². The number of amides is 1. The summed E-state index contributed by atoms with van der Waals surface area (Å²) < 4.78 is 31.4. The van der Waals surface area contributed by atoms with Gasteiger partial charge in [0.2, 0.25) is 0 Å². The second-order valence-electron chi connectivity index (χ2n) is 6.75. The molecule has 1 aliphatic heterocycles. The summed E-state index contributed by atoms with van der Waals surface area (Å²) in [6.45, 7) is 6.16. The summed E-state index contributed by atoms with van der Waals surface area (Å²) in [6.07, 6.45) is -5.97. The highest BCUT2D eigenvalue weighted by Gasteiger charge is 2.52. The van der Waals surface area contributed by atoms with Crippen molar-refractivity contribution in [1.82, 2.24) is 5.32 Å². The average Bonchev–Trinajstić information content (AvgIpc) is 2.64. The Balaban J connectivity index is 3.23. The summed E-state index contributed by atoms with van der Waals surface area (Å²) in [5.41, 5.74) is 0. The van der Waals surface area contributed by atoms with E-state index in [1.165, 1.54) is 0 Å². The smallest absolute Gasteiger partial charge is 0.409 e. The van der Waals surface area contributed by atoms with Crippen LogP contribution in [0.2, 0.25) is 0 Å². The number of nitrogens with one attached hydrogen (secondary N) is 1. The van der Waals surface area contributed by atoms with Crippen molar-refractivity contribution < 1.29 is 52.4 Å². The van der Waals surface area contributed by atoms with Crippen molar-refractivity contribution in [3.8, 4) is 0 Å². The summed E-state index contributed by atoms with van der Waals surface area (Å²) in [4.78, 5) is 58.4. The minimum atomic E-state index is -1.38. The molecule has 1 aliphatic rings. The summed E-state index contributed by atoms with van der Waals surface area (Å²) >= 11 is 0. The first-order valence-electron chi connectivity index (χ1n) is 9.78. The largest absolute Gasteiger partial charge is 0.463 e. The number of hydrogen-bond donors (Lipinski definition) is 1. The van der Waals surface area contributed by atoms with Crippen LogP contribution >= 0.6 is 0 Å². The van der Waals surface area contributed by atoms with Crippen molar-refractivity contribution >= 4 is 30.0 Å². The van der Waals surface area contributed by atoms with Crippen LogP contribution in [0.15, 0.2) is 0 Å². The Morgan fingerprint density at radius 1 is 0.774 bits per heavy atom. The standard InChI is InChI=1S/C19H29NO11/c1-6-7-8-26-19(25)20-18-17(30-13(5)24)16(29-12(4)23)15(28-11(3)22)14(31-18)9-27-10(2)21/h14-18H,6-9H2,1-5H3,(H,20,25)/t14-,15+,16+,17+,18-/m1/s1. The minimum Gasteiger partial charge on any atom is -0.463 e. The Labute approximate surface area is 179 Å². The SMILES string of the molecule is CCCCOC(=O)N[C@@H]1O[C@H](COC(C)=O)[C@H](OC(C)=O)[C@H](OC(C)=O)[C@@H]1OC(C)=O. The topological polar surface area (TPSA) is 153 Å². The fourth-order valence-electron chi connectivity index (χ4n) is 2.81. The molecule has 1 heterocycles. The van der Waals surface area contributed by atoms with Crippen molar-refractivity contribution in [1.29, 1.82) is 0 Å². The number of carbonyl (C=O) groups excluding carboxylic acids is 5. The third kappa shape index (κ3) is 9.20. The van der Waals surface area contributed by atoms with E-state index in [1.807, 2.05) is 6.92 Å². The molecule has 1 amide bonds. The molecule has 0 aromatic heterocycles. The van der Waals surface area contributed by atoms with Gasteiger partial charge in [0, 0.05) is 27.7 Å². The van der Waals surface area contributed by atoms with Crippen LogP contribution in [0.3, 0.4) is 0 Å². The number of ether oxygens (including phenoxy) is 6. The fourth-order valence-corrected chi connectivity index (χ4v) is 2.81. The lowest BCUT2D eigenvalue weighted by atomic mass is 9.97. The number of hydrogen-bond acceptors (Lipinski definition) is 11. The van der Waals surface area contributed by atoms with Crippen LogP contribution in [0.4, 0.5) is 4.79 Å². The number of unbranched alkanes of at least 4 members (excludes halogenated alkanes) is 1. The van der Waals surface area contributed by atoms with Crippen LogP contribution in [0, 0.1) is 0 Å². The summed E-state index contributed by atoms with van der Waals surface area (Å²) in [7, 11) is 0. The molecule has 31 heavy (non-hydrogen) atoms. The fraction of sp³-hybridized carbons (Fsp3) is 0.737. The van der Waals surface area contributed by atoms with Crippen LogP contribution in [0.25, 0.3) is 0 Å². The maximum atomic E-state index is 12.1. The van der Waals surface area contributed by atoms with Crippen molar-refractivity contribution in [3.63, 3.8) is 0 Å². The minimum absolute atomic E-state index is 0.146. The Morgan fingerprint density at radius 3 is 1.84 bits per heavy atom. The molecule has 12 heteroatoms. The summed E-state index contributed by atoms with van der Waals surface area (Å²) in [6, 6.07) is 0. The third-order valence-corrected chi connectivity index (χ3v) is 3.98. The monoisotopic (exact) mass is 447 g/mol. The average molecular weight is 447 g/mol. The molecular formula is C19H29NO11. The van der Waals surface area contributed by atoms with Gasteiger partial charge >= 0.3 is 30.0 Å². The van der Waals surface area contributed by atoms with E-state index in [-0.39, 0.29) is 13.2 Å². The quantitative estimate of drug-likeness (QED) is 0.300. The van der Waals surface area contributed by atoms with Crippen LogP contribution in [0.5, 0.6) is 0 Å². The van der Waals surface area contributed by atoms with Crippen molar-refractivity contribution in [3.05, 3.63) is 0 Å². The highest BCUT2D eigenvalue weighted by atomic mass is 16.7. The summed E-state index contributed by atoms with van der Waals surface area (Å²) in [5.74, 6) is -2.92. The molecule has 5 atom stereocenters. The molecule has 1 N–H and O–H groups in total. The van der Waals surface area contributed by atoms with E-state index in [1.54, 1.807) is 0 Å². The molecule has 0 bridgehead atoms. The Bertz CT molecular complexity index is 665. The molecule has 1 fully saturated rings. The van der Waals surface area contributed by atoms with Crippen LogP contribution in [-0.4, -0.2) is 73.8 Å². The molecule has 0 aromatic carbocycles. The summed E-state index contributed by atoms with van der Waals surface area (Å²) in [5, 5.41) is 2.40. The molecule has 0 aromatic rings. The molecule has 0 unspecified atom stereocenters. The van der Waals surface area contributed by atoms with Gasteiger partial charge in [-0.05, 0) is 6.42 Å². The van der Waals surface area contributed by atoms with Gasteiger partial charge in [-0.1, -0.05) is 13.3 Å². The van der Waals surface area contributed by atoms with E-state index in [4.69, 9.17) is 28.4 Å². The number of rotatable bonds is 9. The molecule has 176 valence electrons. The first-order valence-corrected chi connectivity index (χ1v) is 9.78. The molecular weight excluding hydrogens is 418 g/mol. The predicted molar refractivity (Wildman–Crippen MR) is 101 cm³/mol. The Kier molecular flexibility index (Phi) is 10.7. The number of carbonyl (C=O) groups is 5. The molecule has 0 saturated carbocycles. The zero-order valence-corrected chi connectivity index (χ0v) is 18.2. The van der Waals surface area contributed by atoms with Gasteiger partial charge in [-0.3, -0.25) is 24.5 Å². The van der Waals surface area contributed by atoms with Crippen molar-refractivity contribution in [2.75, 3.05) is 13.2 Å². The van der Waals surface area contributed by atoms with E-state index in [0.29, 0.717) is 6.42 Å². The van der Waals surface area contributed by atoms with E-state index in [0.717, 1.165) is 34.1 Å². The van der Waals surface area contributed by atoms with Gasteiger partial charge in [-0.25, -0.2) is 4.79 Å². The Hall–Kier alpha value is -2.89. The molecule has 0 aliphatic carbocycles. The highest BCUT2D eigenvalue weighted by Crippen LogP contribution is 2.28. The van der Waals surface area contributed by atoms with Crippen LogP contribution < -0.4 is 5.32 Å². The highest BCUT2D eigenvalue weighted by molar-refractivity contribution is 5.70. The number of alkyl carbamates (subject to hydrolysis) is 1. The van der Waals surface area contributed by atoms with E-state index in [9.17, 15) is 24.0 Å². The lowest BCUT2D eigenvalue weighted by Gasteiger charge is -2.44. The second-order valence-corrected chi connectivity index (χ2v) is 6.75. The van der Waals surface area contributed by atoms with Gasteiger partial charge in [0.1, 0.15) is 12.7 Å². The maximum Gasteiger partial charge on any atom is 0.409 e. The van der Waals surface area contributed by atoms with Crippen molar-refractivity contribution in [2.24, 2.45) is 0 Å². The van der Waals surface area contributed by atoms with Crippen LogP contribution in [-0.2, 0) is 47.6 Å². The van der Waals surface area contributed by atoms with Crippen molar-refractivity contribution in [2.45, 2.75) is 78.1 Å². The van der Waals surface area contributed by atoms with E-state index < -0.39 is 60.6 Å². The molecule has 0 radical (unpaired) electrons. The molecule has 1 rings (SSSR count). The van der Waals surface area contributed by atoms with Gasteiger partial charge in [0.25, 0.3) is 0 Å². The zero-order valence-electron chi connectivity index (χ0n) is 18.2. The third-order valence-electron chi connectivity index (χ3n) is 3.98. The Morgan fingerprint density at radius 2 is 1.32 bits per heavy atom. The number of esters is 4. The molecule has 1 saturated heterocycles. The first-order chi connectivity index (χ1) is 14.5. The molecule has 0 spiro atoms. The van der Waals surface area contributed by atoms with Gasteiger partial charge in [0.05, 0.1) is 6.61 Å². The van der Waals surface area contributed by atoms with E-state index >= 15 is 0 Å². The first kappa shape index (κ1) is 26.1. The molecule has 12 nitrogen and oxygen atoms in total. The van der Waals surface area contributed by atoms with Gasteiger partial charge in [-0.2, -0.15) is 0 Å².